The fourth-order valence-corrected chi connectivity index (χ4v) is 1.56. The highest BCUT2D eigenvalue weighted by Crippen LogP contribution is 2.18. The van der Waals surface area contributed by atoms with Crippen LogP contribution in [0.3, 0.4) is 0 Å². The van der Waals surface area contributed by atoms with Gasteiger partial charge in [0.1, 0.15) is 0 Å². The number of rotatable bonds is 3. The predicted octanol–water partition coefficient (Wildman–Crippen LogP) is 2.94. The molecule has 0 aliphatic rings. The van der Waals surface area contributed by atoms with Crippen LogP contribution in [-0.2, 0) is 11.3 Å². The summed E-state index contributed by atoms with van der Waals surface area (Å²) in [6.07, 6.45) is 3.51. The van der Waals surface area contributed by atoms with E-state index in [4.69, 9.17) is 16.3 Å². The Labute approximate surface area is 99.1 Å². The van der Waals surface area contributed by atoms with E-state index in [0.717, 1.165) is 11.1 Å². The van der Waals surface area contributed by atoms with Crippen molar-refractivity contribution in [3.63, 3.8) is 0 Å². The standard InChI is InChI=1S/C12H11ClN2O/c1-16-8-9-6-14-12(15-7-9)10-3-2-4-11(13)5-10/h2-7H,8H2,1H3. The monoisotopic (exact) mass is 234 g/mol. The number of methoxy groups -OCH3 is 1. The molecule has 0 unspecified atom stereocenters. The van der Waals surface area contributed by atoms with E-state index < -0.39 is 0 Å². The third-order valence-electron chi connectivity index (χ3n) is 2.10. The van der Waals surface area contributed by atoms with E-state index in [1.165, 1.54) is 0 Å². The van der Waals surface area contributed by atoms with Crippen LogP contribution in [0.5, 0.6) is 0 Å². The Morgan fingerprint density at radius 1 is 1.25 bits per heavy atom. The smallest absolute Gasteiger partial charge is 0.159 e. The molecule has 1 aromatic heterocycles. The summed E-state index contributed by atoms with van der Waals surface area (Å²) in [5.41, 5.74) is 1.87. The van der Waals surface area contributed by atoms with E-state index in [2.05, 4.69) is 9.97 Å². The summed E-state index contributed by atoms with van der Waals surface area (Å²) < 4.78 is 4.99. The predicted molar refractivity (Wildman–Crippen MR) is 63.2 cm³/mol. The third-order valence-corrected chi connectivity index (χ3v) is 2.33. The van der Waals surface area contributed by atoms with Gasteiger partial charge < -0.3 is 4.74 Å². The Balaban J connectivity index is 2.27. The van der Waals surface area contributed by atoms with Gasteiger partial charge in [-0.25, -0.2) is 9.97 Å². The Kier molecular flexibility index (Phi) is 3.49. The second-order valence-electron chi connectivity index (χ2n) is 3.36. The fraction of sp³-hybridized carbons (Fsp3) is 0.167. The van der Waals surface area contributed by atoms with Crippen molar-refractivity contribution < 1.29 is 4.74 Å². The van der Waals surface area contributed by atoms with Crippen LogP contribution in [-0.4, -0.2) is 17.1 Å². The van der Waals surface area contributed by atoms with Gasteiger partial charge in [0.2, 0.25) is 0 Å². The molecule has 2 rings (SSSR count). The Morgan fingerprint density at radius 2 is 2.00 bits per heavy atom. The Hall–Kier alpha value is -1.45. The van der Waals surface area contributed by atoms with E-state index in [-0.39, 0.29) is 0 Å². The molecule has 0 bridgehead atoms. The SMILES string of the molecule is COCc1cnc(-c2cccc(Cl)c2)nc1. The average Bonchev–Trinajstić information content (AvgIpc) is 2.30. The summed E-state index contributed by atoms with van der Waals surface area (Å²) in [6, 6.07) is 7.47. The first-order valence-corrected chi connectivity index (χ1v) is 5.23. The Morgan fingerprint density at radius 3 is 2.62 bits per heavy atom. The molecule has 0 amide bonds. The molecule has 0 fully saturated rings. The van der Waals surface area contributed by atoms with Crippen molar-refractivity contribution in [2.45, 2.75) is 6.61 Å². The van der Waals surface area contributed by atoms with Crippen molar-refractivity contribution in [2.75, 3.05) is 7.11 Å². The minimum Gasteiger partial charge on any atom is -0.380 e. The molecule has 16 heavy (non-hydrogen) atoms. The van der Waals surface area contributed by atoms with Crippen LogP contribution in [0.4, 0.5) is 0 Å². The largest absolute Gasteiger partial charge is 0.380 e. The maximum atomic E-state index is 5.90. The Bertz CT molecular complexity index is 471. The molecule has 2 aromatic rings. The van der Waals surface area contributed by atoms with Crippen molar-refractivity contribution in [1.82, 2.24) is 9.97 Å². The average molecular weight is 235 g/mol. The number of benzene rings is 1. The van der Waals surface area contributed by atoms with Crippen molar-refractivity contribution in [2.24, 2.45) is 0 Å². The topological polar surface area (TPSA) is 35.0 Å². The van der Waals surface area contributed by atoms with Crippen LogP contribution in [0.2, 0.25) is 5.02 Å². The summed E-state index contributed by atoms with van der Waals surface area (Å²) in [6.45, 7) is 0.524. The summed E-state index contributed by atoms with van der Waals surface area (Å²) in [5.74, 6) is 0.669. The molecule has 1 heterocycles. The molecule has 0 N–H and O–H groups in total. The normalized spacial score (nSPS) is 10.4. The molecule has 0 saturated heterocycles. The first-order chi connectivity index (χ1) is 7.79. The number of nitrogens with zero attached hydrogens (tertiary/aromatic N) is 2. The fourth-order valence-electron chi connectivity index (χ4n) is 1.37. The van der Waals surface area contributed by atoms with Crippen LogP contribution in [0.15, 0.2) is 36.7 Å². The minimum atomic E-state index is 0.524. The molecule has 3 nitrogen and oxygen atoms in total. The highest BCUT2D eigenvalue weighted by Gasteiger charge is 2.01. The van der Waals surface area contributed by atoms with Gasteiger partial charge in [-0.3, -0.25) is 0 Å². The molecule has 0 aliphatic carbocycles. The van der Waals surface area contributed by atoms with Gasteiger partial charge in [0, 0.05) is 35.7 Å². The summed E-state index contributed by atoms with van der Waals surface area (Å²) in [7, 11) is 1.64. The van der Waals surface area contributed by atoms with Gasteiger partial charge in [-0.05, 0) is 12.1 Å². The minimum absolute atomic E-state index is 0.524. The lowest BCUT2D eigenvalue weighted by atomic mass is 10.2. The van der Waals surface area contributed by atoms with E-state index in [9.17, 15) is 0 Å². The van der Waals surface area contributed by atoms with Crippen LogP contribution >= 0.6 is 11.6 Å². The van der Waals surface area contributed by atoms with Gasteiger partial charge in [0.25, 0.3) is 0 Å². The van der Waals surface area contributed by atoms with Crippen molar-refractivity contribution in [3.05, 3.63) is 47.2 Å². The molecule has 82 valence electrons. The van der Waals surface area contributed by atoms with Crippen LogP contribution in [0.25, 0.3) is 11.4 Å². The maximum absolute atomic E-state index is 5.90. The second kappa shape index (κ2) is 5.05. The van der Waals surface area contributed by atoms with Gasteiger partial charge in [-0.15, -0.1) is 0 Å². The zero-order valence-corrected chi connectivity index (χ0v) is 9.61. The zero-order valence-electron chi connectivity index (χ0n) is 8.85. The molecule has 0 aliphatic heterocycles. The molecular formula is C12H11ClN2O. The summed E-state index contributed by atoms with van der Waals surface area (Å²) >= 11 is 5.90. The molecule has 0 spiro atoms. The lowest BCUT2D eigenvalue weighted by molar-refractivity contribution is 0.184. The number of hydrogen-bond donors (Lipinski definition) is 0. The van der Waals surface area contributed by atoms with Crippen molar-refractivity contribution in [1.29, 1.82) is 0 Å². The summed E-state index contributed by atoms with van der Waals surface area (Å²) in [4.78, 5) is 8.52. The van der Waals surface area contributed by atoms with E-state index >= 15 is 0 Å². The molecule has 0 saturated carbocycles. The number of halogens is 1. The van der Waals surface area contributed by atoms with Crippen molar-refractivity contribution >= 4 is 11.6 Å². The first-order valence-electron chi connectivity index (χ1n) is 4.85. The third kappa shape index (κ3) is 2.56. The van der Waals surface area contributed by atoms with Gasteiger partial charge in [0.05, 0.1) is 6.61 Å². The lowest BCUT2D eigenvalue weighted by Gasteiger charge is -2.02. The quantitative estimate of drug-likeness (QED) is 0.819. The highest BCUT2D eigenvalue weighted by molar-refractivity contribution is 6.30. The van der Waals surface area contributed by atoms with Gasteiger partial charge in [-0.1, -0.05) is 23.7 Å². The van der Waals surface area contributed by atoms with Gasteiger partial charge in [-0.2, -0.15) is 0 Å². The second-order valence-corrected chi connectivity index (χ2v) is 3.79. The lowest BCUT2D eigenvalue weighted by Crippen LogP contribution is -1.93. The molecule has 1 aromatic carbocycles. The van der Waals surface area contributed by atoms with Crippen LogP contribution < -0.4 is 0 Å². The molecule has 4 heteroatoms. The number of ether oxygens (including phenoxy) is 1. The van der Waals surface area contributed by atoms with E-state index in [0.29, 0.717) is 17.5 Å². The number of hydrogen-bond acceptors (Lipinski definition) is 3. The van der Waals surface area contributed by atoms with Crippen LogP contribution in [0.1, 0.15) is 5.56 Å². The maximum Gasteiger partial charge on any atom is 0.159 e. The highest BCUT2D eigenvalue weighted by atomic mass is 35.5. The van der Waals surface area contributed by atoms with Gasteiger partial charge in [0.15, 0.2) is 5.82 Å². The molecule has 0 radical (unpaired) electrons. The van der Waals surface area contributed by atoms with Gasteiger partial charge >= 0.3 is 0 Å². The zero-order chi connectivity index (χ0) is 11.4. The molecular weight excluding hydrogens is 224 g/mol. The first kappa shape index (κ1) is 11.0. The van der Waals surface area contributed by atoms with E-state index in [1.54, 1.807) is 19.5 Å². The summed E-state index contributed by atoms with van der Waals surface area (Å²) in [5, 5.41) is 0.682. The number of aromatic nitrogens is 2. The van der Waals surface area contributed by atoms with Crippen LogP contribution in [0, 0.1) is 0 Å². The van der Waals surface area contributed by atoms with E-state index in [1.807, 2.05) is 24.3 Å². The van der Waals surface area contributed by atoms with Crippen molar-refractivity contribution in [3.8, 4) is 11.4 Å². The molecule has 0 atom stereocenters.